The van der Waals surface area contributed by atoms with Gasteiger partial charge in [0.2, 0.25) is 5.91 Å². The van der Waals surface area contributed by atoms with E-state index < -0.39 is 0 Å². The minimum absolute atomic E-state index is 0.128. The zero-order valence-corrected chi connectivity index (χ0v) is 16.2. The second-order valence-corrected chi connectivity index (χ2v) is 7.71. The molecule has 3 fully saturated rings. The summed E-state index contributed by atoms with van der Waals surface area (Å²) in [7, 11) is 0. The van der Waals surface area contributed by atoms with Gasteiger partial charge < -0.3 is 19.9 Å². The van der Waals surface area contributed by atoms with Crippen molar-refractivity contribution in [1.29, 1.82) is 0 Å². The maximum absolute atomic E-state index is 13.1. The molecule has 27 heavy (non-hydrogen) atoms. The lowest BCUT2D eigenvalue weighted by atomic mass is 9.96. The molecule has 3 saturated heterocycles. The summed E-state index contributed by atoms with van der Waals surface area (Å²) in [6.07, 6.45) is 1.67. The Morgan fingerprint density at radius 2 is 1.96 bits per heavy atom. The third-order valence-electron chi connectivity index (χ3n) is 5.96. The van der Waals surface area contributed by atoms with E-state index in [1.807, 2.05) is 11.8 Å². The van der Waals surface area contributed by atoms with Crippen LogP contribution in [0.25, 0.3) is 0 Å². The summed E-state index contributed by atoms with van der Waals surface area (Å²) in [5.41, 5.74) is 0.452. The summed E-state index contributed by atoms with van der Waals surface area (Å²) in [4.78, 5) is 31.8. The zero-order valence-electron chi connectivity index (χ0n) is 15.5. The van der Waals surface area contributed by atoms with Gasteiger partial charge in [-0.25, -0.2) is 4.79 Å². The van der Waals surface area contributed by atoms with Crippen LogP contribution in [0.4, 0.5) is 10.5 Å². The van der Waals surface area contributed by atoms with Crippen LogP contribution in [0.5, 0.6) is 0 Å². The minimum Gasteiger partial charge on any atom is -0.381 e. The zero-order chi connectivity index (χ0) is 19.0. The van der Waals surface area contributed by atoms with Gasteiger partial charge in [0.05, 0.1) is 13.2 Å². The van der Waals surface area contributed by atoms with E-state index in [-0.39, 0.29) is 23.6 Å². The summed E-state index contributed by atoms with van der Waals surface area (Å²) in [5.74, 6) is 0.128. The lowest BCUT2D eigenvalue weighted by Crippen LogP contribution is -2.62. The Hall–Kier alpha value is -1.83. The first kappa shape index (κ1) is 18.5. The number of fused-ring (bicyclic) bond motifs is 2. The van der Waals surface area contributed by atoms with Crippen LogP contribution >= 0.6 is 11.6 Å². The van der Waals surface area contributed by atoms with Crippen molar-refractivity contribution in [3.63, 3.8) is 0 Å². The third-order valence-corrected chi connectivity index (χ3v) is 6.21. The lowest BCUT2D eigenvalue weighted by Gasteiger charge is -2.48. The predicted octanol–water partition coefficient (Wildman–Crippen LogP) is 2.23. The Labute approximate surface area is 164 Å². The number of hydrogen-bond acceptors (Lipinski definition) is 4. The van der Waals surface area contributed by atoms with E-state index in [1.165, 1.54) is 0 Å². The average molecular weight is 393 g/mol. The Morgan fingerprint density at radius 1 is 1.26 bits per heavy atom. The second-order valence-electron chi connectivity index (χ2n) is 7.27. The first-order valence-electron chi connectivity index (χ1n) is 9.52. The van der Waals surface area contributed by atoms with E-state index in [1.54, 1.807) is 29.2 Å². The van der Waals surface area contributed by atoms with Crippen molar-refractivity contribution in [3.8, 4) is 0 Å². The van der Waals surface area contributed by atoms with Gasteiger partial charge in [-0.2, -0.15) is 0 Å². The van der Waals surface area contributed by atoms with Gasteiger partial charge in [-0.15, -0.1) is 0 Å². The van der Waals surface area contributed by atoms with E-state index in [0.717, 1.165) is 12.8 Å². The number of urea groups is 1. The predicted molar refractivity (Wildman–Crippen MR) is 103 cm³/mol. The summed E-state index contributed by atoms with van der Waals surface area (Å²) < 4.78 is 5.55. The molecule has 146 valence electrons. The molecule has 1 atom stereocenters. The topological polar surface area (TPSA) is 65.1 Å². The summed E-state index contributed by atoms with van der Waals surface area (Å²) in [6.45, 7) is 5.77. The molecule has 3 amide bonds. The van der Waals surface area contributed by atoms with Crippen molar-refractivity contribution in [2.75, 3.05) is 44.7 Å². The molecule has 1 spiro atoms. The number of piperazine rings is 1. The van der Waals surface area contributed by atoms with Gasteiger partial charge in [0.1, 0.15) is 11.7 Å². The molecular formula is C19H25ClN4O3. The van der Waals surface area contributed by atoms with Crippen LogP contribution in [0.15, 0.2) is 24.3 Å². The number of amides is 3. The van der Waals surface area contributed by atoms with Crippen LogP contribution in [0, 0.1) is 0 Å². The fourth-order valence-corrected chi connectivity index (χ4v) is 4.78. The third kappa shape index (κ3) is 3.17. The van der Waals surface area contributed by atoms with Gasteiger partial charge in [-0.05, 0) is 31.2 Å². The number of nitrogens with one attached hydrogen (secondary N) is 1. The minimum atomic E-state index is -0.271. The monoisotopic (exact) mass is 392 g/mol. The molecule has 3 aliphatic heterocycles. The van der Waals surface area contributed by atoms with Crippen LogP contribution in [-0.4, -0.2) is 77.7 Å². The van der Waals surface area contributed by atoms with Gasteiger partial charge in [-0.3, -0.25) is 9.69 Å². The molecular weight excluding hydrogens is 368 g/mol. The first-order valence-corrected chi connectivity index (χ1v) is 9.90. The number of benzene rings is 1. The van der Waals surface area contributed by atoms with Crippen LogP contribution in [0.1, 0.15) is 19.8 Å². The van der Waals surface area contributed by atoms with Crippen molar-refractivity contribution < 1.29 is 14.3 Å². The lowest BCUT2D eigenvalue weighted by molar-refractivity contribution is -0.135. The largest absolute Gasteiger partial charge is 0.381 e. The Balaban J connectivity index is 1.48. The van der Waals surface area contributed by atoms with Gasteiger partial charge >= 0.3 is 6.03 Å². The normalized spacial score (nSPS) is 25.0. The number of likely N-dealkylation sites (N-methyl/N-ethyl adjacent to an activating group) is 1. The number of hydrogen-bond donors (Lipinski definition) is 1. The smallest absolute Gasteiger partial charge is 0.321 e. The molecule has 1 aromatic carbocycles. The fraction of sp³-hybridized carbons (Fsp3) is 0.579. The standard InChI is InChI=1S/C19H25ClN4O3/c1-2-23-17(25)16-13-22(18(26)21-15-5-3-14(20)4-6-15)9-10-24(16)19(23)7-11-27-12-8-19/h3-6,16H,2,7-13H2,1H3,(H,21,26)/t16-/m1/s1. The van der Waals surface area contributed by atoms with Crippen LogP contribution in [-0.2, 0) is 9.53 Å². The quantitative estimate of drug-likeness (QED) is 0.838. The first-order chi connectivity index (χ1) is 13.0. The van der Waals surface area contributed by atoms with E-state index in [4.69, 9.17) is 16.3 Å². The molecule has 7 nitrogen and oxygen atoms in total. The summed E-state index contributed by atoms with van der Waals surface area (Å²) in [5, 5.41) is 3.52. The molecule has 0 bridgehead atoms. The molecule has 0 radical (unpaired) electrons. The Morgan fingerprint density at radius 3 is 2.63 bits per heavy atom. The van der Waals surface area contributed by atoms with Gasteiger partial charge in [-0.1, -0.05) is 11.6 Å². The molecule has 1 N–H and O–H groups in total. The number of halogens is 1. The van der Waals surface area contributed by atoms with Crippen molar-refractivity contribution >= 4 is 29.2 Å². The fourth-order valence-electron chi connectivity index (χ4n) is 4.66. The number of ether oxygens (including phenoxy) is 1. The molecule has 8 heteroatoms. The Bertz CT molecular complexity index is 720. The molecule has 0 saturated carbocycles. The molecule has 3 aliphatic rings. The van der Waals surface area contributed by atoms with Crippen molar-refractivity contribution in [2.45, 2.75) is 31.5 Å². The Kier molecular flexibility index (Phi) is 5.01. The van der Waals surface area contributed by atoms with Crippen LogP contribution < -0.4 is 5.32 Å². The maximum atomic E-state index is 13.1. The highest BCUT2D eigenvalue weighted by Gasteiger charge is 2.57. The van der Waals surface area contributed by atoms with Gasteiger partial charge in [0.25, 0.3) is 0 Å². The van der Waals surface area contributed by atoms with Gasteiger partial charge in [0.15, 0.2) is 0 Å². The number of rotatable bonds is 2. The van der Waals surface area contributed by atoms with E-state index in [0.29, 0.717) is 50.1 Å². The molecule has 0 unspecified atom stereocenters. The summed E-state index contributed by atoms with van der Waals surface area (Å²) >= 11 is 5.89. The molecule has 1 aromatic rings. The van der Waals surface area contributed by atoms with Crippen molar-refractivity contribution in [2.24, 2.45) is 0 Å². The van der Waals surface area contributed by atoms with Crippen molar-refractivity contribution in [3.05, 3.63) is 29.3 Å². The van der Waals surface area contributed by atoms with Gasteiger partial charge in [0, 0.05) is 49.7 Å². The molecule has 0 aromatic heterocycles. The average Bonchev–Trinajstić information content (AvgIpc) is 2.91. The van der Waals surface area contributed by atoms with Crippen LogP contribution in [0.2, 0.25) is 5.02 Å². The second kappa shape index (κ2) is 7.30. The highest BCUT2D eigenvalue weighted by molar-refractivity contribution is 6.30. The maximum Gasteiger partial charge on any atom is 0.321 e. The van der Waals surface area contributed by atoms with Crippen molar-refractivity contribution in [1.82, 2.24) is 14.7 Å². The number of carbonyl (C=O) groups excluding carboxylic acids is 2. The molecule has 0 aliphatic carbocycles. The number of nitrogens with zero attached hydrogens (tertiary/aromatic N) is 3. The highest BCUT2D eigenvalue weighted by atomic mass is 35.5. The molecule has 3 heterocycles. The SMILES string of the molecule is CCN1C(=O)[C@H]2CN(C(=O)Nc3ccc(Cl)cc3)CCN2C12CCOCC2. The van der Waals surface area contributed by atoms with E-state index in [2.05, 4.69) is 10.2 Å². The number of carbonyl (C=O) groups is 2. The van der Waals surface area contributed by atoms with E-state index >= 15 is 0 Å². The molecule has 4 rings (SSSR count). The van der Waals surface area contributed by atoms with Crippen LogP contribution in [0.3, 0.4) is 0 Å². The van der Waals surface area contributed by atoms with E-state index in [9.17, 15) is 9.59 Å². The number of anilines is 1. The summed E-state index contributed by atoms with van der Waals surface area (Å²) in [6, 6.07) is 6.57. The highest BCUT2D eigenvalue weighted by Crippen LogP contribution is 2.40.